The van der Waals surface area contributed by atoms with Crippen molar-refractivity contribution in [3.8, 4) is 0 Å². The maximum absolute atomic E-state index is 13.2. The van der Waals surface area contributed by atoms with Gasteiger partial charge in [0, 0.05) is 35.8 Å². The Morgan fingerprint density at radius 1 is 1.30 bits per heavy atom. The van der Waals surface area contributed by atoms with Gasteiger partial charge in [-0.2, -0.15) is 4.31 Å². The van der Waals surface area contributed by atoms with E-state index in [1.54, 1.807) is 31.3 Å². The van der Waals surface area contributed by atoms with Crippen molar-refractivity contribution in [3.63, 3.8) is 0 Å². The Morgan fingerprint density at radius 2 is 2.03 bits per heavy atom. The highest BCUT2D eigenvalue weighted by molar-refractivity contribution is 7.89. The molecule has 0 saturated carbocycles. The van der Waals surface area contributed by atoms with Crippen LogP contribution in [-0.4, -0.2) is 62.1 Å². The molecule has 1 fully saturated rings. The van der Waals surface area contributed by atoms with Crippen molar-refractivity contribution < 1.29 is 26.7 Å². The summed E-state index contributed by atoms with van der Waals surface area (Å²) >= 11 is 0. The summed E-state index contributed by atoms with van der Waals surface area (Å²) in [6.07, 6.45) is 5.02. The quantitative estimate of drug-likeness (QED) is 0.615. The molecule has 0 spiro atoms. The van der Waals surface area contributed by atoms with E-state index in [4.69, 9.17) is 0 Å². The lowest BCUT2D eigenvalue weighted by atomic mass is 9.91. The monoisotopic (exact) mass is 455 g/mol. The van der Waals surface area contributed by atoms with Crippen LogP contribution in [0.1, 0.15) is 26.2 Å². The number of nitrogens with one attached hydrogen (secondary N) is 1. The molecule has 1 aliphatic rings. The Bertz CT molecular complexity index is 1140. The van der Waals surface area contributed by atoms with Gasteiger partial charge in [-0.3, -0.25) is 9.78 Å². The third-order valence-electron chi connectivity index (χ3n) is 5.40. The van der Waals surface area contributed by atoms with E-state index in [0.717, 1.165) is 10.6 Å². The first-order valence-corrected chi connectivity index (χ1v) is 12.9. The van der Waals surface area contributed by atoms with Gasteiger partial charge in [0.1, 0.15) is 0 Å². The fourth-order valence-corrected chi connectivity index (χ4v) is 6.81. The number of aromatic nitrogens is 1. The van der Waals surface area contributed by atoms with Crippen molar-refractivity contribution >= 4 is 36.8 Å². The predicted molar refractivity (Wildman–Crippen MR) is 112 cm³/mol. The molecule has 0 aliphatic carbocycles. The molecule has 164 valence electrons. The van der Waals surface area contributed by atoms with Gasteiger partial charge >= 0.3 is 5.97 Å². The SMILES string of the molecule is CCC[C@@H](C(=O)O)[C@@H]1[C@@H](NS(=O)(=O)c2cccc3cnccc23)CCN1S(C)(=O)=O. The molecular weight excluding hydrogens is 430 g/mol. The van der Waals surface area contributed by atoms with Crippen molar-refractivity contribution in [1.82, 2.24) is 14.0 Å². The maximum atomic E-state index is 13.2. The number of nitrogens with zero attached hydrogens (tertiary/aromatic N) is 2. The number of benzene rings is 1. The van der Waals surface area contributed by atoms with Gasteiger partial charge in [-0.25, -0.2) is 21.6 Å². The molecule has 2 aromatic rings. The molecule has 11 heteroatoms. The zero-order valence-corrected chi connectivity index (χ0v) is 18.4. The van der Waals surface area contributed by atoms with E-state index in [2.05, 4.69) is 9.71 Å². The fraction of sp³-hybridized carbons (Fsp3) is 0.474. The molecule has 1 aromatic heterocycles. The zero-order valence-electron chi connectivity index (χ0n) is 16.7. The first-order chi connectivity index (χ1) is 14.1. The minimum Gasteiger partial charge on any atom is -0.481 e. The third-order valence-corrected chi connectivity index (χ3v) is 8.22. The van der Waals surface area contributed by atoms with Crippen LogP contribution >= 0.6 is 0 Å². The van der Waals surface area contributed by atoms with Crippen LogP contribution in [0.25, 0.3) is 10.8 Å². The number of rotatable bonds is 8. The lowest BCUT2D eigenvalue weighted by molar-refractivity contribution is -0.143. The van der Waals surface area contributed by atoms with Gasteiger partial charge < -0.3 is 5.11 Å². The summed E-state index contributed by atoms with van der Waals surface area (Å²) in [5.41, 5.74) is 0. The zero-order chi connectivity index (χ0) is 22.1. The van der Waals surface area contributed by atoms with Gasteiger partial charge in [0.15, 0.2) is 0 Å². The summed E-state index contributed by atoms with van der Waals surface area (Å²) in [6, 6.07) is 4.55. The first kappa shape index (κ1) is 22.6. The average Bonchev–Trinajstić information content (AvgIpc) is 3.08. The lowest BCUT2D eigenvalue weighted by Gasteiger charge is -2.31. The van der Waals surface area contributed by atoms with Crippen LogP contribution in [0.15, 0.2) is 41.6 Å². The normalized spacial score (nSPS) is 21.7. The van der Waals surface area contributed by atoms with Gasteiger partial charge in [0.2, 0.25) is 20.0 Å². The average molecular weight is 456 g/mol. The van der Waals surface area contributed by atoms with Crippen LogP contribution < -0.4 is 4.72 Å². The smallest absolute Gasteiger partial charge is 0.308 e. The maximum Gasteiger partial charge on any atom is 0.308 e. The Kier molecular flexibility index (Phi) is 6.46. The van der Waals surface area contributed by atoms with Crippen LogP contribution in [0.4, 0.5) is 0 Å². The van der Waals surface area contributed by atoms with Gasteiger partial charge in [0.05, 0.1) is 23.1 Å². The van der Waals surface area contributed by atoms with Gasteiger partial charge in [-0.05, 0) is 25.0 Å². The summed E-state index contributed by atoms with van der Waals surface area (Å²) in [5, 5.41) is 10.8. The van der Waals surface area contributed by atoms with Crippen molar-refractivity contribution in [2.45, 2.75) is 43.2 Å². The number of carboxylic acids is 1. The van der Waals surface area contributed by atoms with Crippen LogP contribution in [0.2, 0.25) is 0 Å². The Morgan fingerprint density at radius 3 is 2.67 bits per heavy atom. The summed E-state index contributed by atoms with van der Waals surface area (Å²) in [7, 11) is -7.75. The highest BCUT2D eigenvalue weighted by Crippen LogP contribution is 2.32. The molecule has 1 aromatic carbocycles. The summed E-state index contributed by atoms with van der Waals surface area (Å²) < 4.78 is 54.7. The Balaban J connectivity index is 2.01. The number of carboxylic acid groups (broad SMARTS) is 1. The Hall–Kier alpha value is -2.08. The van der Waals surface area contributed by atoms with Crippen LogP contribution in [0, 0.1) is 5.92 Å². The minimum atomic E-state index is -4.04. The van der Waals surface area contributed by atoms with E-state index in [1.165, 1.54) is 12.3 Å². The van der Waals surface area contributed by atoms with E-state index in [1.807, 2.05) is 0 Å². The molecule has 0 unspecified atom stereocenters. The van der Waals surface area contributed by atoms with Crippen LogP contribution in [0.5, 0.6) is 0 Å². The van der Waals surface area contributed by atoms with Crippen LogP contribution in [-0.2, 0) is 24.8 Å². The summed E-state index contributed by atoms with van der Waals surface area (Å²) in [4.78, 5) is 15.9. The lowest BCUT2D eigenvalue weighted by Crippen LogP contribution is -2.52. The number of aliphatic carboxylic acids is 1. The third kappa shape index (κ3) is 4.48. The Labute approximate surface area is 176 Å². The second-order valence-corrected chi connectivity index (χ2v) is 11.1. The molecule has 9 nitrogen and oxygen atoms in total. The first-order valence-electron chi connectivity index (χ1n) is 9.61. The van der Waals surface area contributed by atoms with E-state index < -0.39 is 44.0 Å². The number of fused-ring (bicyclic) bond motifs is 1. The number of sulfonamides is 2. The van der Waals surface area contributed by atoms with Gasteiger partial charge in [0.25, 0.3) is 0 Å². The number of carbonyl (C=O) groups is 1. The van der Waals surface area contributed by atoms with Crippen molar-refractivity contribution in [2.75, 3.05) is 12.8 Å². The summed E-state index contributed by atoms with van der Waals surface area (Å²) in [5.74, 6) is -2.16. The minimum absolute atomic E-state index is 0.0429. The van der Waals surface area contributed by atoms with E-state index in [0.29, 0.717) is 17.2 Å². The van der Waals surface area contributed by atoms with E-state index >= 15 is 0 Å². The topological polar surface area (TPSA) is 134 Å². The molecule has 3 atom stereocenters. The van der Waals surface area contributed by atoms with Crippen LogP contribution in [0.3, 0.4) is 0 Å². The second kappa shape index (κ2) is 8.58. The van der Waals surface area contributed by atoms with E-state index in [9.17, 15) is 26.7 Å². The highest BCUT2D eigenvalue weighted by Gasteiger charge is 2.47. The number of hydrogen-bond donors (Lipinski definition) is 2. The van der Waals surface area contributed by atoms with Crippen molar-refractivity contribution in [1.29, 1.82) is 0 Å². The standard InChI is InChI=1S/C19H25N3O6S2/c1-3-5-15(19(23)24)18-16(9-11-22(18)29(2,25)26)21-30(27,28)17-7-4-6-13-12-20-10-8-14(13)17/h4,6-8,10,12,15-16,18,21H,3,5,9,11H2,1-2H3,(H,23,24)/t15-,16+,18-/m1/s1. The van der Waals surface area contributed by atoms with Gasteiger partial charge in [-0.1, -0.05) is 25.5 Å². The molecule has 2 N–H and O–H groups in total. The predicted octanol–water partition coefficient (Wildman–Crippen LogP) is 1.42. The largest absolute Gasteiger partial charge is 0.481 e. The molecule has 1 saturated heterocycles. The summed E-state index contributed by atoms with van der Waals surface area (Å²) in [6.45, 7) is 1.86. The molecule has 0 radical (unpaired) electrons. The highest BCUT2D eigenvalue weighted by atomic mass is 32.2. The number of pyridine rings is 1. The van der Waals surface area contributed by atoms with E-state index in [-0.39, 0.29) is 24.3 Å². The van der Waals surface area contributed by atoms with Crippen molar-refractivity contribution in [3.05, 3.63) is 36.7 Å². The molecule has 1 aliphatic heterocycles. The molecule has 30 heavy (non-hydrogen) atoms. The van der Waals surface area contributed by atoms with Gasteiger partial charge in [-0.15, -0.1) is 0 Å². The van der Waals surface area contributed by atoms with Crippen molar-refractivity contribution in [2.24, 2.45) is 5.92 Å². The molecule has 3 rings (SSSR count). The molecule has 0 amide bonds. The molecule has 2 heterocycles. The number of hydrogen-bond acceptors (Lipinski definition) is 6. The fourth-order valence-electron chi connectivity index (χ4n) is 4.12. The molecule has 0 bridgehead atoms. The second-order valence-electron chi connectivity index (χ2n) is 7.47. The molecular formula is C19H25N3O6S2.